The number of nitrogens with one attached hydrogen (secondary N) is 1. The van der Waals surface area contributed by atoms with Crippen LogP contribution in [0.5, 0.6) is 11.8 Å². The van der Waals surface area contributed by atoms with E-state index in [0.717, 1.165) is 0 Å². The molecular weight excluding hydrogens is 315 g/mol. The molecule has 5 nitrogen and oxygen atoms in total. The summed E-state index contributed by atoms with van der Waals surface area (Å²) in [6.45, 7) is 1.71. The van der Waals surface area contributed by atoms with E-state index in [0.29, 0.717) is 10.2 Å². The minimum Gasteiger partial charge on any atom is -0.421 e. The molecule has 3 N–H and O–H groups in total. The summed E-state index contributed by atoms with van der Waals surface area (Å²) in [7, 11) is 0. The zero-order valence-corrected chi connectivity index (χ0v) is 11.5. The molecule has 1 aromatic heterocycles. The first-order chi connectivity index (χ1) is 8.95. The number of hydrogen-bond acceptors (Lipinski definition) is 4. The fourth-order valence-electron chi connectivity index (χ4n) is 1.38. The molecule has 98 valence electrons. The van der Waals surface area contributed by atoms with Gasteiger partial charge in [0.1, 0.15) is 11.5 Å². The second kappa shape index (κ2) is 5.31. The third-order valence-electron chi connectivity index (χ3n) is 2.20. The van der Waals surface area contributed by atoms with E-state index in [1.54, 1.807) is 19.1 Å². The maximum Gasteiger partial charge on any atom is 0.322 e. The van der Waals surface area contributed by atoms with Crippen molar-refractivity contribution in [2.45, 2.75) is 6.92 Å². The zero-order valence-electron chi connectivity index (χ0n) is 9.95. The van der Waals surface area contributed by atoms with E-state index in [9.17, 15) is 4.39 Å². The normalized spacial score (nSPS) is 10.3. The van der Waals surface area contributed by atoms with Gasteiger partial charge in [-0.2, -0.15) is 4.98 Å². The van der Waals surface area contributed by atoms with Gasteiger partial charge in [-0.15, -0.1) is 0 Å². The zero-order chi connectivity index (χ0) is 14.0. The average Bonchev–Trinajstić information content (AvgIpc) is 2.32. The number of nitrogens with zero attached hydrogens (tertiary/aromatic N) is 2. The van der Waals surface area contributed by atoms with Gasteiger partial charge < -0.3 is 10.5 Å². The summed E-state index contributed by atoms with van der Waals surface area (Å²) in [6, 6.07) is 5.87. The SMILES string of the molecule is Cc1cc(C(=N)N)nc(Oc2ccc(Br)cc2F)n1. The molecule has 1 aromatic carbocycles. The third-order valence-corrected chi connectivity index (χ3v) is 2.70. The Balaban J connectivity index is 2.35. The summed E-state index contributed by atoms with van der Waals surface area (Å²) < 4.78 is 19.5. The van der Waals surface area contributed by atoms with Gasteiger partial charge >= 0.3 is 6.01 Å². The minimum absolute atomic E-state index is 0.00306. The molecule has 0 bridgehead atoms. The van der Waals surface area contributed by atoms with Crippen LogP contribution in [0.15, 0.2) is 28.7 Å². The second-order valence-electron chi connectivity index (χ2n) is 3.77. The van der Waals surface area contributed by atoms with E-state index in [1.165, 1.54) is 12.1 Å². The van der Waals surface area contributed by atoms with Gasteiger partial charge in [0.15, 0.2) is 11.6 Å². The highest BCUT2D eigenvalue weighted by molar-refractivity contribution is 9.10. The summed E-state index contributed by atoms with van der Waals surface area (Å²) >= 11 is 3.15. The van der Waals surface area contributed by atoms with Crippen molar-refractivity contribution in [3.63, 3.8) is 0 Å². The Morgan fingerprint density at radius 2 is 2.11 bits per heavy atom. The largest absolute Gasteiger partial charge is 0.421 e. The number of rotatable bonds is 3. The molecule has 0 saturated carbocycles. The Labute approximate surface area is 117 Å². The number of nitrogen functional groups attached to an aromatic ring is 1. The topological polar surface area (TPSA) is 84.9 Å². The molecule has 2 rings (SSSR count). The lowest BCUT2D eigenvalue weighted by Crippen LogP contribution is -2.14. The van der Waals surface area contributed by atoms with Crippen molar-refractivity contribution < 1.29 is 9.13 Å². The molecular formula is C12H10BrFN4O. The number of hydrogen-bond donors (Lipinski definition) is 2. The van der Waals surface area contributed by atoms with Crippen LogP contribution in [0.25, 0.3) is 0 Å². The van der Waals surface area contributed by atoms with Crippen molar-refractivity contribution >= 4 is 21.8 Å². The van der Waals surface area contributed by atoms with Gasteiger partial charge in [-0.05, 0) is 31.2 Å². The van der Waals surface area contributed by atoms with E-state index in [-0.39, 0.29) is 23.3 Å². The molecule has 0 aliphatic heterocycles. The average molecular weight is 325 g/mol. The van der Waals surface area contributed by atoms with Crippen LogP contribution in [0.1, 0.15) is 11.4 Å². The molecule has 0 unspecified atom stereocenters. The Hall–Kier alpha value is -2.02. The molecule has 7 heteroatoms. The molecule has 0 saturated heterocycles. The lowest BCUT2D eigenvalue weighted by atomic mass is 10.3. The first-order valence-corrected chi connectivity index (χ1v) is 6.08. The molecule has 0 spiro atoms. The van der Waals surface area contributed by atoms with Crippen molar-refractivity contribution in [2.24, 2.45) is 5.73 Å². The fraction of sp³-hybridized carbons (Fsp3) is 0.0833. The molecule has 2 aromatic rings. The fourth-order valence-corrected chi connectivity index (χ4v) is 1.71. The summed E-state index contributed by atoms with van der Waals surface area (Å²) in [5, 5.41) is 7.33. The third kappa shape index (κ3) is 3.25. The van der Waals surface area contributed by atoms with E-state index in [1.807, 2.05) is 0 Å². The summed E-state index contributed by atoms with van der Waals surface area (Å²) in [5.74, 6) is -0.737. The van der Waals surface area contributed by atoms with Gasteiger partial charge in [0.05, 0.1) is 0 Å². The van der Waals surface area contributed by atoms with Gasteiger partial charge in [0, 0.05) is 10.2 Å². The van der Waals surface area contributed by atoms with E-state index in [2.05, 4.69) is 25.9 Å². The van der Waals surface area contributed by atoms with Gasteiger partial charge in [-0.1, -0.05) is 15.9 Å². The number of halogens is 2. The van der Waals surface area contributed by atoms with Crippen molar-refractivity contribution in [1.29, 1.82) is 5.41 Å². The molecule has 0 radical (unpaired) electrons. The predicted octanol–water partition coefficient (Wildman–Crippen LogP) is 2.76. The van der Waals surface area contributed by atoms with Crippen LogP contribution in [0.4, 0.5) is 4.39 Å². The Bertz CT molecular complexity index is 648. The lowest BCUT2D eigenvalue weighted by molar-refractivity contribution is 0.409. The number of benzene rings is 1. The Morgan fingerprint density at radius 3 is 2.74 bits per heavy atom. The predicted molar refractivity (Wildman–Crippen MR) is 72.0 cm³/mol. The lowest BCUT2D eigenvalue weighted by Gasteiger charge is -2.07. The molecule has 1 heterocycles. The highest BCUT2D eigenvalue weighted by Gasteiger charge is 2.10. The highest BCUT2D eigenvalue weighted by Crippen LogP contribution is 2.25. The van der Waals surface area contributed by atoms with Crippen LogP contribution in [0.3, 0.4) is 0 Å². The molecule has 19 heavy (non-hydrogen) atoms. The monoisotopic (exact) mass is 324 g/mol. The Kier molecular flexibility index (Phi) is 3.75. The number of nitrogens with two attached hydrogens (primary N) is 1. The van der Waals surface area contributed by atoms with Crippen molar-refractivity contribution in [3.05, 3.63) is 45.9 Å². The maximum absolute atomic E-state index is 13.6. The smallest absolute Gasteiger partial charge is 0.322 e. The van der Waals surface area contributed by atoms with Crippen molar-refractivity contribution in [3.8, 4) is 11.8 Å². The number of amidine groups is 1. The highest BCUT2D eigenvalue weighted by atomic mass is 79.9. The molecule has 0 aliphatic carbocycles. The van der Waals surface area contributed by atoms with Crippen LogP contribution in [0.2, 0.25) is 0 Å². The molecule has 0 aliphatic rings. The number of aryl methyl sites for hydroxylation is 1. The van der Waals surface area contributed by atoms with E-state index < -0.39 is 5.82 Å². The van der Waals surface area contributed by atoms with Gasteiger partial charge in [-0.25, -0.2) is 9.37 Å². The summed E-state index contributed by atoms with van der Waals surface area (Å²) in [5.41, 5.74) is 6.16. The number of ether oxygens (including phenoxy) is 1. The first kappa shape index (κ1) is 13.4. The van der Waals surface area contributed by atoms with Crippen molar-refractivity contribution in [1.82, 2.24) is 9.97 Å². The first-order valence-electron chi connectivity index (χ1n) is 5.28. The molecule has 0 atom stereocenters. The number of aromatic nitrogens is 2. The van der Waals surface area contributed by atoms with Crippen LogP contribution >= 0.6 is 15.9 Å². The van der Waals surface area contributed by atoms with Crippen LogP contribution < -0.4 is 10.5 Å². The Morgan fingerprint density at radius 1 is 1.37 bits per heavy atom. The van der Waals surface area contributed by atoms with Gasteiger partial charge in [0.25, 0.3) is 0 Å². The van der Waals surface area contributed by atoms with Gasteiger partial charge in [0.2, 0.25) is 0 Å². The van der Waals surface area contributed by atoms with Gasteiger partial charge in [-0.3, -0.25) is 5.41 Å². The van der Waals surface area contributed by atoms with Crippen molar-refractivity contribution in [2.75, 3.05) is 0 Å². The van der Waals surface area contributed by atoms with E-state index in [4.69, 9.17) is 15.9 Å². The molecule has 0 fully saturated rings. The minimum atomic E-state index is -0.538. The second-order valence-corrected chi connectivity index (χ2v) is 4.68. The summed E-state index contributed by atoms with van der Waals surface area (Å²) in [6.07, 6.45) is 0. The van der Waals surface area contributed by atoms with Crippen LogP contribution in [-0.4, -0.2) is 15.8 Å². The molecule has 0 amide bonds. The quantitative estimate of drug-likeness (QED) is 0.671. The summed E-state index contributed by atoms with van der Waals surface area (Å²) in [4.78, 5) is 7.94. The maximum atomic E-state index is 13.6. The standard InChI is InChI=1S/C12H10BrFN4O/c1-6-4-9(11(15)16)18-12(17-6)19-10-3-2-7(13)5-8(10)14/h2-5H,1H3,(H3,15,16). The van der Waals surface area contributed by atoms with Crippen LogP contribution in [-0.2, 0) is 0 Å². The van der Waals surface area contributed by atoms with Crippen LogP contribution in [0, 0.1) is 18.2 Å². The van der Waals surface area contributed by atoms with E-state index >= 15 is 0 Å².